The van der Waals surface area contributed by atoms with E-state index in [4.69, 9.17) is 42.6 Å². The first-order valence-electron chi connectivity index (χ1n) is 21.4. The van der Waals surface area contributed by atoms with Gasteiger partial charge in [-0.1, -0.05) is 19.7 Å². The number of ether oxygens (including phenoxy) is 9. The molecule has 0 saturated heterocycles. The van der Waals surface area contributed by atoms with Crippen LogP contribution >= 0.6 is 0 Å². The normalized spacial score (nSPS) is 10.4. The van der Waals surface area contributed by atoms with Gasteiger partial charge in [-0.25, -0.2) is 28.8 Å². The molecule has 0 aliphatic rings. The van der Waals surface area contributed by atoms with Crippen molar-refractivity contribution in [3.63, 3.8) is 0 Å². The number of unbranched alkanes of at least 4 members (excludes halogenated alkanes) is 6. The molecular formula is C51H54O15. The number of esters is 6. The summed E-state index contributed by atoms with van der Waals surface area (Å²) >= 11 is 0. The van der Waals surface area contributed by atoms with Gasteiger partial charge in [-0.05, 0) is 143 Å². The predicted octanol–water partition coefficient (Wildman–Crippen LogP) is 9.18. The Labute approximate surface area is 383 Å². The molecular weight excluding hydrogens is 853 g/mol. The minimum Gasteiger partial charge on any atom is -0.494 e. The first-order valence-corrected chi connectivity index (χ1v) is 21.4. The Morgan fingerprint density at radius 2 is 0.652 bits per heavy atom. The van der Waals surface area contributed by atoms with Gasteiger partial charge in [0.2, 0.25) is 0 Å². The molecule has 0 heterocycles. The van der Waals surface area contributed by atoms with Crippen molar-refractivity contribution in [3.05, 3.63) is 146 Å². The molecule has 0 fully saturated rings. The van der Waals surface area contributed by atoms with Gasteiger partial charge in [0.15, 0.2) is 11.5 Å². The average Bonchev–Trinajstić information content (AvgIpc) is 3.33. The van der Waals surface area contributed by atoms with Crippen LogP contribution in [0.25, 0.3) is 0 Å². The van der Waals surface area contributed by atoms with Crippen molar-refractivity contribution in [1.29, 1.82) is 0 Å². The lowest BCUT2D eigenvalue weighted by Crippen LogP contribution is -2.13. The minimum atomic E-state index is -0.789. The first-order chi connectivity index (χ1) is 32.1. The molecule has 15 heteroatoms. The zero-order valence-electron chi connectivity index (χ0n) is 36.7. The SMILES string of the molecule is C=CC(=O)OCCCCCOc1ccc(C(=O)Oc2ccc(OC(=O)c3ccc(OCCCCCOC(=O)C=C)cc3)c(OC(=O)c3ccc(OCCCCCOC(=O)C=C)cc3)c2)cc1. The Morgan fingerprint density at radius 1 is 0.348 bits per heavy atom. The molecule has 0 amide bonds. The molecule has 4 rings (SSSR count). The maximum absolute atomic E-state index is 13.4. The van der Waals surface area contributed by atoms with Gasteiger partial charge in [-0.3, -0.25) is 0 Å². The topological polar surface area (TPSA) is 185 Å². The quantitative estimate of drug-likeness (QED) is 0.0158. The highest BCUT2D eigenvalue weighted by molar-refractivity contribution is 5.94. The third-order valence-corrected chi connectivity index (χ3v) is 9.21. The highest BCUT2D eigenvalue weighted by atomic mass is 16.6. The predicted molar refractivity (Wildman–Crippen MR) is 242 cm³/mol. The van der Waals surface area contributed by atoms with Crippen LogP contribution in [0.4, 0.5) is 0 Å². The molecule has 4 aromatic carbocycles. The largest absolute Gasteiger partial charge is 0.494 e. The highest BCUT2D eigenvalue weighted by Gasteiger charge is 2.20. The lowest BCUT2D eigenvalue weighted by molar-refractivity contribution is -0.138. The molecule has 0 N–H and O–H groups in total. The number of benzene rings is 4. The van der Waals surface area contributed by atoms with E-state index >= 15 is 0 Å². The third-order valence-electron chi connectivity index (χ3n) is 9.21. The van der Waals surface area contributed by atoms with Crippen LogP contribution in [0, 0.1) is 0 Å². The number of carbonyl (C=O) groups is 6. The van der Waals surface area contributed by atoms with Gasteiger partial charge in [-0.15, -0.1) is 0 Å². The van der Waals surface area contributed by atoms with Crippen LogP contribution in [0.3, 0.4) is 0 Å². The van der Waals surface area contributed by atoms with E-state index in [1.165, 1.54) is 42.5 Å². The van der Waals surface area contributed by atoms with E-state index in [0.717, 1.165) is 56.8 Å². The van der Waals surface area contributed by atoms with Gasteiger partial charge in [0, 0.05) is 24.3 Å². The molecule has 0 unspecified atom stereocenters. The standard InChI is InChI=1S/C51H54O15/c1-4-46(52)61-33-13-7-10-30-58-40-22-16-37(17-23-40)49(55)64-43-28-29-44(65-50(56)38-18-24-41(25-19-38)59-31-11-8-14-34-62-47(53)5-2)45(36-43)66-51(57)39-20-26-42(27-21-39)60-32-12-9-15-35-63-48(54)6-3/h4-6,16-29,36H,1-3,7-15,30-35H2. The fraction of sp³-hybridized carbons (Fsp3) is 0.294. The molecule has 0 aliphatic heterocycles. The number of hydrogen-bond acceptors (Lipinski definition) is 15. The van der Waals surface area contributed by atoms with Gasteiger partial charge in [0.1, 0.15) is 23.0 Å². The van der Waals surface area contributed by atoms with E-state index in [1.54, 1.807) is 48.5 Å². The second kappa shape index (κ2) is 28.9. The van der Waals surface area contributed by atoms with Crippen LogP contribution in [-0.4, -0.2) is 75.5 Å². The summed E-state index contributed by atoms with van der Waals surface area (Å²) in [5.41, 5.74) is 0.565. The van der Waals surface area contributed by atoms with Gasteiger partial charge in [-0.2, -0.15) is 0 Å². The molecule has 0 bridgehead atoms. The van der Waals surface area contributed by atoms with Crippen molar-refractivity contribution in [3.8, 4) is 34.5 Å². The summed E-state index contributed by atoms with van der Waals surface area (Å²) < 4.78 is 49.3. The maximum atomic E-state index is 13.4. The monoisotopic (exact) mass is 906 g/mol. The smallest absolute Gasteiger partial charge is 0.343 e. The maximum Gasteiger partial charge on any atom is 0.343 e. The second-order valence-corrected chi connectivity index (χ2v) is 14.2. The number of hydrogen-bond donors (Lipinski definition) is 0. The van der Waals surface area contributed by atoms with Crippen molar-refractivity contribution < 1.29 is 71.4 Å². The Morgan fingerprint density at radius 3 is 1.00 bits per heavy atom. The third kappa shape index (κ3) is 19.0. The number of rotatable bonds is 30. The van der Waals surface area contributed by atoms with Crippen LogP contribution in [0.5, 0.6) is 34.5 Å². The van der Waals surface area contributed by atoms with Crippen LogP contribution in [0.15, 0.2) is 129 Å². The van der Waals surface area contributed by atoms with Gasteiger partial charge < -0.3 is 42.6 Å². The summed E-state index contributed by atoms with van der Waals surface area (Å²) in [6, 6.07) is 22.9. The van der Waals surface area contributed by atoms with Crippen LogP contribution < -0.4 is 28.4 Å². The van der Waals surface area contributed by atoms with E-state index in [2.05, 4.69) is 19.7 Å². The Balaban J connectivity index is 1.37. The van der Waals surface area contributed by atoms with E-state index < -0.39 is 35.8 Å². The molecule has 4 aromatic rings. The van der Waals surface area contributed by atoms with Crippen LogP contribution in [-0.2, 0) is 28.6 Å². The van der Waals surface area contributed by atoms with Gasteiger partial charge in [0.05, 0.1) is 56.3 Å². The van der Waals surface area contributed by atoms with Gasteiger partial charge in [0.25, 0.3) is 0 Å². The van der Waals surface area contributed by atoms with E-state index in [1.807, 2.05) is 0 Å². The van der Waals surface area contributed by atoms with Crippen LogP contribution in [0.2, 0.25) is 0 Å². The lowest BCUT2D eigenvalue weighted by atomic mass is 10.2. The first kappa shape index (κ1) is 51.0. The fourth-order valence-electron chi connectivity index (χ4n) is 5.67. The van der Waals surface area contributed by atoms with E-state index in [9.17, 15) is 28.8 Å². The van der Waals surface area contributed by atoms with Crippen LogP contribution in [0.1, 0.15) is 88.9 Å². The minimum absolute atomic E-state index is 0.00332. The molecule has 0 spiro atoms. The van der Waals surface area contributed by atoms with Crippen molar-refractivity contribution in [2.45, 2.75) is 57.8 Å². The molecule has 0 aliphatic carbocycles. The molecule has 15 nitrogen and oxygen atoms in total. The van der Waals surface area contributed by atoms with Crippen molar-refractivity contribution >= 4 is 35.8 Å². The fourth-order valence-corrected chi connectivity index (χ4v) is 5.67. The summed E-state index contributed by atoms with van der Waals surface area (Å²) in [5.74, 6) is -2.34. The van der Waals surface area contributed by atoms with E-state index in [0.29, 0.717) is 76.2 Å². The lowest BCUT2D eigenvalue weighted by Gasteiger charge is -2.13. The zero-order valence-corrected chi connectivity index (χ0v) is 36.7. The number of carbonyl (C=O) groups excluding carboxylic acids is 6. The molecule has 0 atom stereocenters. The van der Waals surface area contributed by atoms with Crippen molar-refractivity contribution in [2.24, 2.45) is 0 Å². The summed E-state index contributed by atoms with van der Waals surface area (Å²) in [5, 5.41) is 0. The Hall–Kier alpha value is -7.68. The second-order valence-electron chi connectivity index (χ2n) is 14.2. The average molecular weight is 907 g/mol. The molecule has 0 saturated carbocycles. The molecule has 0 radical (unpaired) electrons. The van der Waals surface area contributed by atoms with Crippen molar-refractivity contribution in [1.82, 2.24) is 0 Å². The van der Waals surface area contributed by atoms with Crippen molar-refractivity contribution in [2.75, 3.05) is 39.6 Å². The summed E-state index contributed by atoms with van der Waals surface area (Å²) in [7, 11) is 0. The van der Waals surface area contributed by atoms with Gasteiger partial charge >= 0.3 is 35.8 Å². The molecule has 66 heavy (non-hydrogen) atoms. The van der Waals surface area contributed by atoms with E-state index in [-0.39, 0.29) is 33.9 Å². The summed E-state index contributed by atoms with van der Waals surface area (Å²) in [4.78, 5) is 73.4. The zero-order chi connectivity index (χ0) is 47.4. The Kier molecular flexibility index (Phi) is 22.3. The highest BCUT2D eigenvalue weighted by Crippen LogP contribution is 2.34. The Bertz CT molecular complexity index is 2230. The summed E-state index contributed by atoms with van der Waals surface area (Å²) in [6.07, 6.45) is 9.93. The molecule has 0 aromatic heterocycles. The summed E-state index contributed by atoms with van der Waals surface area (Å²) in [6.45, 7) is 12.2. The molecule has 348 valence electrons.